The molecule has 1 aromatic rings. The molecule has 4 aliphatic rings. The van der Waals surface area contributed by atoms with Gasteiger partial charge in [-0.3, -0.25) is 9.48 Å². The minimum Gasteiger partial charge on any atom is -0.390 e. The molecular formula is C19H28ClN3O4. The van der Waals surface area contributed by atoms with E-state index in [4.69, 9.17) is 21.1 Å². The van der Waals surface area contributed by atoms with Crippen LogP contribution in [0.25, 0.3) is 0 Å². The van der Waals surface area contributed by atoms with Gasteiger partial charge in [0.1, 0.15) is 5.15 Å². The van der Waals surface area contributed by atoms with E-state index in [0.29, 0.717) is 54.8 Å². The lowest BCUT2D eigenvalue weighted by atomic mass is 9.52. The molecular weight excluding hydrogens is 370 g/mol. The number of hydrogen-bond donors (Lipinski definition) is 2. The number of carbonyl (C=O) groups excluding carboxylic acids is 1. The molecule has 4 bridgehead atoms. The third-order valence-corrected chi connectivity index (χ3v) is 6.84. The van der Waals surface area contributed by atoms with E-state index in [1.54, 1.807) is 11.8 Å². The van der Waals surface area contributed by atoms with E-state index in [9.17, 15) is 9.90 Å². The Morgan fingerprint density at radius 2 is 2.07 bits per heavy atom. The fraction of sp³-hybridized carbons (Fsp3) is 0.789. The van der Waals surface area contributed by atoms with E-state index in [1.807, 2.05) is 0 Å². The number of hydrogen-bond acceptors (Lipinski definition) is 5. The van der Waals surface area contributed by atoms with E-state index >= 15 is 0 Å². The highest BCUT2D eigenvalue weighted by atomic mass is 35.5. The molecule has 2 atom stereocenters. The van der Waals surface area contributed by atoms with Crippen molar-refractivity contribution >= 4 is 17.5 Å². The third-order valence-electron chi connectivity index (χ3n) is 6.44. The number of rotatable bonds is 8. The maximum absolute atomic E-state index is 12.8. The van der Waals surface area contributed by atoms with Crippen molar-refractivity contribution in [2.45, 2.75) is 50.3 Å². The molecule has 4 saturated carbocycles. The first-order valence-electron chi connectivity index (χ1n) is 9.80. The van der Waals surface area contributed by atoms with Gasteiger partial charge in [-0.1, -0.05) is 11.6 Å². The number of amides is 1. The fourth-order valence-electron chi connectivity index (χ4n) is 5.52. The van der Waals surface area contributed by atoms with Gasteiger partial charge in [0.2, 0.25) is 0 Å². The molecule has 1 aromatic heterocycles. The molecule has 7 nitrogen and oxygen atoms in total. The average molecular weight is 398 g/mol. The standard InChI is InChI=1S/C19H28ClN3O4/c1-26-4-5-27-3-2-23-17(20)15(11-21-23)18(24)22-16-13-6-12-7-14(16)10-19(25,8-12)9-13/h11-14,16,25H,2-10H2,1H3,(H,22,24). The number of carbonyl (C=O) groups is 1. The van der Waals surface area contributed by atoms with Crippen LogP contribution in [-0.4, -0.2) is 59.4 Å². The quantitative estimate of drug-likeness (QED) is 0.654. The van der Waals surface area contributed by atoms with Crippen LogP contribution in [0.3, 0.4) is 0 Å². The summed E-state index contributed by atoms with van der Waals surface area (Å²) in [5.41, 5.74) is -0.0932. The molecule has 2 unspecified atom stereocenters. The molecule has 0 radical (unpaired) electrons. The molecule has 150 valence electrons. The van der Waals surface area contributed by atoms with Crippen LogP contribution in [0.15, 0.2) is 6.20 Å². The third kappa shape index (κ3) is 3.88. The molecule has 1 amide bonds. The second kappa shape index (κ2) is 7.70. The first-order valence-corrected chi connectivity index (χ1v) is 10.2. The van der Waals surface area contributed by atoms with Gasteiger partial charge in [-0.05, 0) is 49.9 Å². The summed E-state index contributed by atoms with van der Waals surface area (Å²) < 4.78 is 11.9. The summed E-state index contributed by atoms with van der Waals surface area (Å²) in [6, 6.07) is 0.131. The van der Waals surface area contributed by atoms with Gasteiger partial charge in [0.05, 0.1) is 43.7 Å². The fourth-order valence-corrected chi connectivity index (χ4v) is 5.78. The van der Waals surface area contributed by atoms with E-state index in [1.165, 1.54) is 6.20 Å². The summed E-state index contributed by atoms with van der Waals surface area (Å²) in [5.74, 6) is 1.18. The highest BCUT2D eigenvalue weighted by Gasteiger charge is 2.55. The Morgan fingerprint density at radius 1 is 1.33 bits per heavy atom. The summed E-state index contributed by atoms with van der Waals surface area (Å²) in [6.45, 7) is 2.00. The van der Waals surface area contributed by atoms with E-state index in [2.05, 4.69) is 10.4 Å². The van der Waals surface area contributed by atoms with Crippen LogP contribution in [0.2, 0.25) is 5.15 Å². The largest absolute Gasteiger partial charge is 0.390 e. The Hall–Kier alpha value is -1.15. The zero-order chi connectivity index (χ0) is 19.0. The Labute approximate surface area is 164 Å². The lowest BCUT2D eigenvalue weighted by Crippen LogP contribution is -2.61. The molecule has 1 heterocycles. The summed E-state index contributed by atoms with van der Waals surface area (Å²) in [4.78, 5) is 12.8. The first-order chi connectivity index (χ1) is 13.0. The van der Waals surface area contributed by atoms with E-state index in [-0.39, 0.29) is 11.9 Å². The van der Waals surface area contributed by atoms with Gasteiger partial charge in [-0.15, -0.1) is 0 Å². The molecule has 0 aromatic carbocycles. The number of halogens is 1. The van der Waals surface area contributed by atoms with E-state index in [0.717, 1.165) is 32.1 Å². The van der Waals surface area contributed by atoms with Crippen molar-refractivity contribution < 1.29 is 19.4 Å². The molecule has 2 N–H and O–H groups in total. The smallest absolute Gasteiger partial charge is 0.256 e. The van der Waals surface area contributed by atoms with Crippen molar-refractivity contribution in [2.75, 3.05) is 26.9 Å². The van der Waals surface area contributed by atoms with E-state index < -0.39 is 5.60 Å². The maximum Gasteiger partial charge on any atom is 0.256 e. The number of aromatic nitrogens is 2. The topological polar surface area (TPSA) is 85.6 Å². The van der Waals surface area contributed by atoms with Crippen molar-refractivity contribution in [3.63, 3.8) is 0 Å². The maximum atomic E-state index is 12.8. The number of nitrogens with zero attached hydrogens (tertiary/aromatic N) is 2. The second-order valence-corrected chi connectivity index (χ2v) is 8.73. The zero-order valence-corrected chi connectivity index (χ0v) is 16.5. The van der Waals surface area contributed by atoms with Gasteiger partial charge in [0.15, 0.2) is 0 Å². The van der Waals surface area contributed by atoms with Gasteiger partial charge in [-0.25, -0.2) is 0 Å². The van der Waals surface area contributed by atoms with Crippen molar-refractivity contribution in [1.82, 2.24) is 15.1 Å². The Kier molecular flexibility index (Phi) is 5.47. The van der Waals surface area contributed by atoms with Crippen molar-refractivity contribution in [3.05, 3.63) is 16.9 Å². The highest BCUT2D eigenvalue weighted by molar-refractivity contribution is 6.32. The highest BCUT2D eigenvalue weighted by Crippen LogP contribution is 2.55. The van der Waals surface area contributed by atoms with Crippen LogP contribution in [-0.2, 0) is 16.0 Å². The second-order valence-electron chi connectivity index (χ2n) is 8.37. The van der Waals surface area contributed by atoms with Gasteiger partial charge in [0, 0.05) is 13.2 Å². The molecule has 0 saturated heterocycles. The SMILES string of the molecule is COCCOCCn1ncc(C(=O)NC2C3CC4CC2CC(O)(C4)C3)c1Cl. The summed E-state index contributed by atoms with van der Waals surface area (Å²) >= 11 is 6.37. The molecule has 4 fully saturated rings. The molecule has 0 aliphatic heterocycles. The predicted molar refractivity (Wildman–Crippen MR) is 99.7 cm³/mol. The van der Waals surface area contributed by atoms with Crippen LogP contribution in [0.5, 0.6) is 0 Å². The predicted octanol–water partition coefficient (Wildman–Crippen LogP) is 1.87. The van der Waals surface area contributed by atoms with Crippen LogP contribution in [0.4, 0.5) is 0 Å². The van der Waals surface area contributed by atoms with Gasteiger partial charge >= 0.3 is 0 Å². The lowest BCUT2D eigenvalue weighted by molar-refractivity contribution is -0.136. The minimum atomic E-state index is -0.497. The Balaban J connectivity index is 1.35. The molecule has 4 aliphatic carbocycles. The lowest BCUT2D eigenvalue weighted by Gasteiger charge is -2.58. The number of aliphatic hydroxyl groups is 1. The van der Waals surface area contributed by atoms with Crippen molar-refractivity contribution in [2.24, 2.45) is 17.8 Å². The first kappa shape index (κ1) is 19.2. The normalized spacial score (nSPS) is 34.2. The average Bonchev–Trinajstić information content (AvgIpc) is 2.97. The Bertz CT molecular complexity index is 678. The zero-order valence-electron chi connectivity index (χ0n) is 15.7. The van der Waals surface area contributed by atoms with Gasteiger partial charge in [-0.2, -0.15) is 5.10 Å². The molecule has 0 spiro atoms. The minimum absolute atomic E-state index is 0.131. The number of ether oxygens (including phenoxy) is 2. The van der Waals surface area contributed by atoms with Crippen LogP contribution < -0.4 is 5.32 Å². The Morgan fingerprint density at radius 3 is 2.74 bits per heavy atom. The molecule has 5 rings (SSSR count). The van der Waals surface area contributed by atoms with Crippen molar-refractivity contribution in [1.29, 1.82) is 0 Å². The number of nitrogens with one attached hydrogen (secondary N) is 1. The van der Waals surface area contributed by atoms with Crippen LogP contribution in [0, 0.1) is 17.8 Å². The summed E-state index contributed by atoms with van der Waals surface area (Å²) in [6.07, 6.45) is 6.28. The molecule has 8 heteroatoms. The summed E-state index contributed by atoms with van der Waals surface area (Å²) in [7, 11) is 1.63. The monoisotopic (exact) mass is 397 g/mol. The number of methoxy groups -OCH3 is 1. The van der Waals surface area contributed by atoms with Crippen molar-refractivity contribution in [3.8, 4) is 0 Å². The summed E-state index contributed by atoms with van der Waals surface area (Å²) in [5, 5.41) is 18.4. The van der Waals surface area contributed by atoms with Gasteiger partial charge in [0.25, 0.3) is 5.91 Å². The molecule has 27 heavy (non-hydrogen) atoms. The van der Waals surface area contributed by atoms with Gasteiger partial charge < -0.3 is 19.9 Å². The van der Waals surface area contributed by atoms with Crippen LogP contribution >= 0.6 is 11.6 Å². The van der Waals surface area contributed by atoms with Crippen LogP contribution in [0.1, 0.15) is 42.5 Å².